The third kappa shape index (κ3) is 6.21. The van der Waals surface area contributed by atoms with E-state index in [9.17, 15) is 4.79 Å². The van der Waals surface area contributed by atoms with E-state index in [4.69, 9.17) is 0 Å². The van der Waals surface area contributed by atoms with Crippen molar-refractivity contribution < 1.29 is 4.79 Å². The van der Waals surface area contributed by atoms with Crippen molar-refractivity contribution in [1.29, 1.82) is 0 Å². The number of rotatable bonds is 8. The van der Waals surface area contributed by atoms with E-state index in [-0.39, 0.29) is 5.91 Å². The number of amides is 1. The number of unbranched alkanes of at least 4 members (excludes halogenated alkanes) is 2. The zero-order chi connectivity index (χ0) is 17.0. The van der Waals surface area contributed by atoms with E-state index in [1.165, 1.54) is 12.8 Å². The van der Waals surface area contributed by atoms with E-state index in [1.54, 1.807) is 18.3 Å². The van der Waals surface area contributed by atoms with Gasteiger partial charge in [-0.05, 0) is 36.1 Å². The van der Waals surface area contributed by atoms with E-state index in [1.807, 2.05) is 36.4 Å². The van der Waals surface area contributed by atoms with Crippen molar-refractivity contribution in [3.05, 3.63) is 77.4 Å². The lowest BCUT2D eigenvalue weighted by Crippen LogP contribution is -2.17. The standard InChI is InChI=1S/C21H24N2O/c1-2-3-6-13-19(16-18-11-7-4-8-12-18)17-22-23-21(24)20-14-9-5-10-15-20/h4-5,7-12,14-17H,2-3,6,13H2,1H3,(H,23,24)/b19-16+,22-17-. The second-order valence-corrected chi connectivity index (χ2v) is 5.65. The molecule has 1 N–H and O–H groups in total. The van der Waals surface area contributed by atoms with Gasteiger partial charge in [-0.3, -0.25) is 4.79 Å². The second-order valence-electron chi connectivity index (χ2n) is 5.65. The number of benzene rings is 2. The molecule has 0 aliphatic rings. The highest BCUT2D eigenvalue weighted by atomic mass is 16.2. The molecule has 0 aliphatic heterocycles. The Morgan fingerprint density at radius 3 is 2.33 bits per heavy atom. The summed E-state index contributed by atoms with van der Waals surface area (Å²) in [4.78, 5) is 12.0. The quantitative estimate of drug-likeness (QED) is 0.412. The van der Waals surface area contributed by atoms with Crippen molar-refractivity contribution in [2.75, 3.05) is 0 Å². The zero-order valence-corrected chi connectivity index (χ0v) is 14.1. The van der Waals surface area contributed by atoms with E-state index in [0.717, 1.165) is 24.0 Å². The molecular weight excluding hydrogens is 296 g/mol. The predicted octanol–water partition coefficient (Wildman–Crippen LogP) is 5.07. The minimum Gasteiger partial charge on any atom is -0.267 e. The highest BCUT2D eigenvalue weighted by Gasteiger charge is 2.02. The number of carbonyl (C=O) groups excluding carboxylic acids is 1. The highest BCUT2D eigenvalue weighted by molar-refractivity contribution is 5.95. The summed E-state index contributed by atoms with van der Waals surface area (Å²) >= 11 is 0. The monoisotopic (exact) mass is 320 g/mol. The maximum Gasteiger partial charge on any atom is 0.271 e. The maximum absolute atomic E-state index is 12.0. The van der Waals surface area contributed by atoms with Crippen LogP contribution in [0, 0.1) is 0 Å². The fourth-order valence-corrected chi connectivity index (χ4v) is 2.34. The first kappa shape index (κ1) is 17.7. The Balaban J connectivity index is 2.01. The van der Waals surface area contributed by atoms with Crippen LogP contribution in [0.25, 0.3) is 6.08 Å². The van der Waals surface area contributed by atoms with Gasteiger partial charge in [-0.2, -0.15) is 5.10 Å². The molecule has 1 amide bonds. The highest BCUT2D eigenvalue weighted by Crippen LogP contribution is 2.12. The van der Waals surface area contributed by atoms with Gasteiger partial charge in [-0.25, -0.2) is 5.43 Å². The van der Waals surface area contributed by atoms with Crippen molar-refractivity contribution in [3.63, 3.8) is 0 Å². The first-order valence-electron chi connectivity index (χ1n) is 8.43. The Labute approximate surface area is 144 Å². The molecule has 0 aliphatic carbocycles. The molecule has 0 unspecified atom stereocenters. The summed E-state index contributed by atoms with van der Waals surface area (Å²) < 4.78 is 0. The molecule has 0 spiro atoms. The van der Waals surface area contributed by atoms with Crippen molar-refractivity contribution >= 4 is 18.2 Å². The molecule has 3 heteroatoms. The Hall–Kier alpha value is -2.68. The number of nitrogens with one attached hydrogen (secondary N) is 1. The lowest BCUT2D eigenvalue weighted by Gasteiger charge is -2.03. The average molecular weight is 320 g/mol. The molecule has 24 heavy (non-hydrogen) atoms. The van der Waals surface area contributed by atoms with Crippen LogP contribution in [0.4, 0.5) is 0 Å². The number of nitrogens with zero attached hydrogens (tertiary/aromatic N) is 1. The molecule has 0 radical (unpaired) electrons. The lowest BCUT2D eigenvalue weighted by molar-refractivity contribution is 0.0955. The molecule has 124 valence electrons. The summed E-state index contributed by atoms with van der Waals surface area (Å²) in [5, 5.41) is 4.13. The van der Waals surface area contributed by atoms with E-state index in [0.29, 0.717) is 5.56 Å². The van der Waals surface area contributed by atoms with Crippen LogP contribution in [-0.4, -0.2) is 12.1 Å². The van der Waals surface area contributed by atoms with Crippen LogP contribution in [0.3, 0.4) is 0 Å². The first-order chi connectivity index (χ1) is 11.8. The molecule has 0 saturated heterocycles. The van der Waals surface area contributed by atoms with Gasteiger partial charge in [0.2, 0.25) is 0 Å². The average Bonchev–Trinajstić information content (AvgIpc) is 2.63. The third-order valence-electron chi connectivity index (χ3n) is 3.65. The van der Waals surface area contributed by atoms with Crippen molar-refractivity contribution in [3.8, 4) is 0 Å². The van der Waals surface area contributed by atoms with Gasteiger partial charge in [0.1, 0.15) is 0 Å². The fourth-order valence-electron chi connectivity index (χ4n) is 2.34. The molecule has 2 aromatic carbocycles. The van der Waals surface area contributed by atoms with E-state index < -0.39 is 0 Å². The van der Waals surface area contributed by atoms with Crippen LogP contribution < -0.4 is 5.43 Å². The summed E-state index contributed by atoms with van der Waals surface area (Å²) in [6, 6.07) is 19.3. The van der Waals surface area contributed by atoms with Crippen LogP contribution in [-0.2, 0) is 0 Å². The van der Waals surface area contributed by atoms with Gasteiger partial charge in [0.05, 0.1) is 6.21 Å². The summed E-state index contributed by atoms with van der Waals surface area (Å²) in [6.07, 6.45) is 8.31. The molecule has 3 nitrogen and oxygen atoms in total. The molecular formula is C21H24N2O. The molecule has 0 atom stereocenters. The van der Waals surface area contributed by atoms with Crippen LogP contribution in [0.5, 0.6) is 0 Å². The van der Waals surface area contributed by atoms with Crippen LogP contribution in [0.15, 0.2) is 71.3 Å². The van der Waals surface area contributed by atoms with Gasteiger partial charge >= 0.3 is 0 Å². The lowest BCUT2D eigenvalue weighted by atomic mass is 10.1. The van der Waals surface area contributed by atoms with Gasteiger partial charge in [-0.15, -0.1) is 0 Å². The summed E-state index contributed by atoms with van der Waals surface area (Å²) in [7, 11) is 0. The Morgan fingerprint density at radius 2 is 1.67 bits per heavy atom. The molecule has 2 rings (SSSR count). The summed E-state index contributed by atoms with van der Waals surface area (Å²) in [6.45, 7) is 2.19. The van der Waals surface area contributed by atoms with Crippen molar-refractivity contribution in [2.24, 2.45) is 5.10 Å². The second kappa shape index (κ2) is 10.2. The van der Waals surface area contributed by atoms with Crippen LogP contribution in [0.1, 0.15) is 48.5 Å². The Bertz CT molecular complexity index is 675. The van der Waals surface area contributed by atoms with Gasteiger partial charge in [0.15, 0.2) is 0 Å². The van der Waals surface area contributed by atoms with Gasteiger partial charge in [0.25, 0.3) is 5.91 Å². The van der Waals surface area contributed by atoms with Crippen LogP contribution in [0.2, 0.25) is 0 Å². The largest absolute Gasteiger partial charge is 0.271 e. The summed E-state index contributed by atoms with van der Waals surface area (Å²) in [5.74, 6) is -0.195. The minimum atomic E-state index is -0.195. The smallest absolute Gasteiger partial charge is 0.267 e. The van der Waals surface area contributed by atoms with Crippen molar-refractivity contribution in [2.45, 2.75) is 32.6 Å². The topological polar surface area (TPSA) is 41.5 Å². The molecule has 0 bridgehead atoms. The van der Waals surface area contributed by atoms with Crippen LogP contribution >= 0.6 is 0 Å². The molecule has 2 aromatic rings. The molecule has 0 aromatic heterocycles. The number of hydrogen-bond donors (Lipinski definition) is 1. The maximum atomic E-state index is 12.0. The van der Waals surface area contributed by atoms with Gasteiger partial charge < -0.3 is 0 Å². The van der Waals surface area contributed by atoms with Crippen molar-refractivity contribution in [1.82, 2.24) is 5.43 Å². The zero-order valence-electron chi connectivity index (χ0n) is 14.1. The number of hydrazone groups is 1. The third-order valence-corrected chi connectivity index (χ3v) is 3.65. The minimum absolute atomic E-state index is 0.195. The number of allylic oxidation sites excluding steroid dienone is 1. The van der Waals surface area contributed by atoms with E-state index in [2.05, 4.69) is 35.7 Å². The Kier molecular flexibility index (Phi) is 7.48. The number of hydrogen-bond acceptors (Lipinski definition) is 2. The predicted molar refractivity (Wildman–Crippen MR) is 101 cm³/mol. The molecule has 0 fully saturated rings. The fraction of sp³-hybridized carbons (Fsp3) is 0.238. The SMILES string of the molecule is CCCCCC(/C=N\NC(=O)c1ccccc1)=C\c1ccccc1. The Morgan fingerprint density at radius 1 is 1.00 bits per heavy atom. The normalized spacial score (nSPS) is 11.6. The van der Waals surface area contributed by atoms with Gasteiger partial charge in [0, 0.05) is 5.56 Å². The van der Waals surface area contributed by atoms with Gasteiger partial charge in [-0.1, -0.05) is 74.4 Å². The van der Waals surface area contributed by atoms with E-state index >= 15 is 0 Å². The first-order valence-corrected chi connectivity index (χ1v) is 8.43. The molecule has 0 heterocycles. The number of carbonyl (C=O) groups is 1. The summed E-state index contributed by atoms with van der Waals surface area (Å²) in [5.41, 5.74) is 5.46. The molecule has 0 saturated carbocycles.